The fourth-order valence-corrected chi connectivity index (χ4v) is 9.16. The highest BCUT2D eigenvalue weighted by molar-refractivity contribution is 7.15. The van der Waals surface area contributed by atoms with E-state index in [1.165, 1.54) is 21.8 Å². The average Bonchev–Trinajstić information content (AvgIpc) is 3.69. The Hall–Kier alpha value is -4.98. The third-order valence-electron chi connectivity index (χ3n) is 8.93. The Morgan fingerprint density at radius 3 is 2.62 bits per heavy atom. The molecule has 47 heavy (non-hydrogen) atoms. The van der Waals surface area contributed by atoms with Gasteiger partial charge in [-0.2, -0.15) is 5.26 Å². The van der Waals surface area contributed by atoms with E-state index in [1.54, 1.807) is 23.0 Å². The molecule has 2 aromatic carbocycles. The molecule has 0 radical (unpaired) electrons. The van der Waals surface area contributed by atoms with E-state index in [1.807, 2.05) is 81.4 Å². The molecule has 0 unspecified atom stereocenters. The minimum Gasteiger partial charge on any atom is -0.497 e. The molecule has 0 spiro atoms. The molecule has 0 saturated carbocycles. The summed E-state index contributed by atoms with van der Waals surface area (Å²) in [5.74, 6) is 0.302. The van der Waals surface area contributed by atoms with Crippen LogP contribution in [0.4, 0.5) is 5.69 Å². The maximum absolute atomic E-state index is 14.3. The molecule has 4 heterocycles. The second kappa shape index (κ2) is 12.3. The number of fused-ring (bicyclic) bond motifs is 2. The predicted octanol–water partition coefficient (Wildman–Crippen LogP) is 6.10. The number of allylic oxidation sites excluding steroid dienone is 1. The van der Waals surface area contributed by atoms with Gasteiger partial charge in [0.15, 0.2) is 4.80 Å². The van der Waals surface area contributed by atoms with Crippen LogP contribution >= 0.6 is 22.7 Å². The first-order valence-electron chi connectivity index (χ1n) is 15.6. The van der Waals surface area contributed by atoms with Crippen molar-refractivity contribution in [1.29, 1.82) is 5.26 Å². The third kappa shape index (κ3) is 5.35. The van der Waals surface area contributed by atoms with Gasteiger partial charge in [-0.15, -0.1) is 11.3 Å². The number of anilines is 1. The second-order valence-corrected chi connectivity index (χ2v) is 13.9. The van der Waals surface area contributed by atoms with Crippen molar-refractivity contribution < 1.29 is 9.53 Å². The summed E-state index contributed by atoms with van der Waals surface area (Å²) >= 11 is 3.02. The zero-order chi connectivity index (χ0) is 32.8. The first-order valence-corrected chi connectivity index (χ1v) is 17.2. The summed E-state index contributed by atoms with van der Waals surface area (Å²) in [4.78, 5) is 34.8. The zero-order valence-corrected chi connectivity index (χ0v) is 28.2. The topological polar surface area (TPSA) is 101 Å². The Labute approximate surface area is 280 Å². The fraction of sp³-hybridized carbons (Fsp3) is 0.243. The average molecular weight is 660 g/mol. The number of carbonyl (C=O) groups is 1. The quantitative estimate of drug-likeness (QED) is 0.238. The molecule has 1 atom stereocenters. The summed E-state index contributed by atoms with van der Waals surface area (Å²) < 4.78 is 9.81. The minimum absolute atomic E-state index is 0.229. The van der Waals surface area contributed by atoms with Crippen molar-refractivity contribution in [2.24, 2.45) is 4.99 Å². The number of aromatic nitrogens is 2. The largest absolute Gasteiger partial charge is 0.497 e. The van der Waals surface area contributed by atoms with Gasteiger partial charge in [-0.3, -0.25) is 14.2 Å². The van der Waals surface area contributed by atoms with E-state index < -0.39 is 6.04 Å². The van der Waals surface area contributed by atoms with Crippen LogP contribution in [0.25, 0.3) is 11.1 Å². The summed E-state index contributed by atoms with van der Waals surface area (Å²) in [6, 6.07) is 20.6. The van der Waals surface area contributed by atoms with Gasteiger partial charge in [-0.05, 0) is 99.6 Å². The van der Waals surface area contributed by atoms with Gasteiger partial charge in [-0.1, -0.05) is 41.7 Å². The molecule has 8 nitrogen and oxygen atoms in total. The van der Waals surface area contributed by atoms with Crippen LogP contribution < -0.4 is 24.9 Å². The molecular weight excluding hydrogens is 627 g/mol. The van der Waals surface area contributed by atoms with Crippen molar-refractivity contribution in [3.63, 3.8) is 0 Å². The van der Waals surface area contributed by atoms with Crippen LogP contribution in [0.3, 0.4) is 0 Å². The van der Waals surface area contributed by atoms with Gasteiger partial charge in [0.25, 0.3) is 11.5 Å². The maximum Gasteiger partial charge on any atom is 0.271 e. The van der Waals surface area contributed by atoms with Gasteiger partial charge in [0.05, 0.1) is 34.5 Å². The molecule has 10 heteroatoms. The Balaban J connectivity index is 1.36. The maximum atomic E-state index is 14.3. The minimum atomic E-state index is -0.713. The Kier molecular flexibility index (Phi) is 8.04. The normalized spacial score (nSPS) is 15.9. The van der Waals surface area contributed by atoms with Crippen LogP contribution in [0.2, 0.25) is 0 Å². The van der Waals surface area contributed by atoms with Crippen LogP contribution in [0.5, 0.6) is 5.75 Å². The number of benzene rings is 2. The number of nitriles is 1. The van der Waals surface area contributed by atoms with E-state index in [0.29, 0.717) is 32.0 Å². The van der Waals surface area contributed by atoms with Crippen LogP contribution in [-0.4, -0.2) is 22.2 Å². The second-order valence-electron chi connectivity index (χ2n) is 11.8. The van der Waals surface area contributed by atoms with Gasteiger partial charge in [-0.25, -0.2) is 4.99 Å². The van der Waals surface area contributed by atoms with Gasteiger partial charge < -0.3 is 14.6 Å². The van der Waals surface area contributed by atoms with E-state index in [-0.39, 0.29) is 11.5 Å². The number of carbonyl (C=O) groups excluding carboxylic acids is 1. The number of thiazole rings is 1. The highest BCUT2D eigenvalue weighted by atomic mass is 32.1. The molecule has 3 aromatic heterocycles. The molecule has 0 fully saturated rings. The zero-order valence-electron chi connectivity index (χ0n) is 26.6. The number of nitrogens with zero attached hydrogens (tertiary/aromatic N) is 4. The molecule has 0 saturated heterocycles. The summed E-state index contributed by atoms with van der Waals surface area (Å²) in [5, 5.41) is 14.1. The molecule has 0 bridgehead atoms. The van der Waals surface area contributed by atoms with E-state index in [9.17, 15) is 14.9 Å². The van der Waals surface area contributed by atoms with Crippen LogP contribution in [-0.2, 0) is 17.6 Å². The standard InChI is InChI=1S/C37H33N5O3S2/c1-21-17-25(23(3)41(21)36-29(20-38)28-15-8-9-16-30(28)46-36)19-31-35(44)42-33(24-11-10-14-27(18-24)45-4)32(22(2)39-37(42)47-31)34(43)40-26-12-6-5-7-13-26/h5-7,10-14,17-19,33H,8-9,15-16H2,1-4H3,(H,40,43)/b31-19+/t33-/m1/s1. The van der Waals surface area contributed by atoms with Gasteiger partial charge in [0.2, 0.25) is 0 Å². The summed E-state index contributed by atoms with van der Waals surface area (Å²) in [7, 11) is 1.59. The number of rotatable bonds is 6. The van der Waals surface area contributed by atoms with Crippen LogP contribution in [0, 0.1) is 25.2 Å². The number of aryl methyl sites for hydroxylation is 2. The molecule has 7 rings (SSSR count). The van der Waals surface area contributed by atoms with E-state index >= 15 is 0 Å². The fourth-order valence-electron chi connectivity index (χ4n) is 6.67. The van der Waals surface area contributed by atoms with Crippen molar-refractivity contribution in [3.05, 3.63) is 130 Å². The molecule has 1 aliphatic carbocycles. The van der Waals surface area contributed by atoms with E-state index in [4.69, 9.17) is 9.73 Å². The van der Waals surface area contributed by atoms with Crippen molar-refractivity contribution in [3.8, 4) is 16.8 Å². The van der Waals surface area contributed by atoms with E-state index in [2.05, 4.69) is 22.0 Å². The number of thiophene rings is 1. The lowest BCUT2D eigenvalue weighted by Crippen LogP contribution is -2.40. The van der Waals surface area contributed by atoms with Crippen molar-refractivity contribution in [2.75, 3.05) is 12.4 Å². The summed E-state index contributed by atoms with van der Waals surface area (Å²) in [5.41, 5.74) is 6.94. The number of hydrogen-bond acceptors (Lipinski definition) is 7. The van der Waals surface area contributed by atoms with Crippen molar-refractivity contribution in [1.82, 2.24) is 9.13 Å². The SMILES string of the molecule is COc1cccc([C@@H]2C(C(=O)Nc3ccccc3)=C(C)N=c3s/c(=C/c4cc(C)n(-c5sc6c(c5C#N)CCCC6)c4C)c(=O)n32)c1. The van der Waals surface area contributed by atoms with Gasteiger partial charge in [0.1, 0.15) is 16.8 Å². The predicted molar refractivity (Wildman–Crippen MR) is 186 cm³/mol. The van der Waals surface area contributed by atoms with Crippen LogP contribution in [0.1, 0.15) is 64.3 Å². The summed E-state index contributed by atoms with van der Waals surface area (Å²) in [6.45, 7) is 5.88. The molecular formula is C37H33N5O3S2. The van der Waals surface area contributed by atoms with Crippen LogP contribution in [0.15, 0.2) is 81.7 Å². The molecule has 2 aliphatic rings. The highest BCUT2D eigenvalue weighted by Crippen LogP contribution is 2.38. The highest BCUT2D eigenvalue weighted by Gasteiger charge is 2.33. The van der Waals surface area contributed by atoms with Crippen molar-refractivity contribution in [2.45, 2.75) is 52.5 Å². The molecule has 236 valence electrons. The lowest BCUT2D eigenvalue weighted by atomic mass is 9.95. The number of para-hydroxylation sites is 1. The molecule has 5 aromatic rings. The first kappa shape index (κ1) is 30.7. The van der Waals surface area contributed by atoms with Gasteiger partial charge >= 0.3 is 0 Å². The number of hydrogen-bond donors (Lipinski definition) is 1. The number of amides is 1. The number of methoxy groups -OCH3 is 1. The Morgan fingerprint density at radius 2 is 1.85 bits per heavy atom. The van der Waals surface area contributed by atoms with E-state index in [0.717, 1.165) is 58.8 Å². The number of nitrogens with one attached hydrogen (secondary N) is 1. The number of ether oxygens (including phenoxy) is 1. The molecule has 1 amide bonds. The smallest absolute Gasteiger partial charge is 0.271 e. The summed E-state index contributed by atoms with van der Waals surface area (Å²) in [6.07, 6.45) is 6.13. The van der Waals surface area contributed by atoms with Gasteiger partial charge in [0, 0.05) is 22.0 Å². The van der Waals surface area contributed by atoms with Crippen molar-refractivity contribution >= 4 is 40.3 Å². The first-order chi connectivity index (χ1) is 22.8. The monoisotopic (exact) mass is 659 g/mol. The molecule has 1 aliphatic heterocycles. The third-order valence-corrected chi connectivity index (χ3v) is 11.2. The Bertz CT molecular complexity index is 2310. The lowest BCUT2D eigenvalue weighted by Gasteiger charge is -2.25. The lowest BCUT2D eigenvalue weighted by molar-refractivity contribution is -0.113. The molecule has 1 N–H and O–H groups in total. The Morgan fingerprint density at radius 1 is 1.06 bits per heavy atom.